The third kappa shape index (κ3) is 6.61. The van der Waals surface area contributed by atoms with Crippen molar-refractivity contribution < 1.29 is 28.5 Å². The van der Waals surface area contributed by atoms with Gasteiger partial charge >= 0.3 is 6.09 Å². The van der Waals surface area contributed by atoms with Gasteiger partial charge in [-0.05, 0) is 88.9 Å². The third-order valence-corrected chi connectivity index (χ3v) is 7.29. The molecule has 2 aromatic carbocycles. The summed E-state index contributed by atoms with van der Waals surface area (Å²) in [5.41, 5.74) is 2.28. The molecule has 2 aliphatic heterocycles. The fraction of sp³-hybridized carbons (Fsp3) is 0.500. The van der Waals surface area contributed by atoms with Crippen molar-refractivity contribution in [3.63, 3.8) is 0 Å². The normalized spacial score (nSPS) is 18.8. The minimum absolute atomic E-state index is 0.0181. The number of ether oxygens (including phenoxy) is 4. The van der Waals surface area contributed by atoms with E-state index in [0.29, 0.717) is 43.9 Å². The second kappa shape index (κ2) is 12.3. The van der Waals surface area contributed by atoms with Gasteiger partial charge in [-0.2, -0.15) is 0 Å². The molecule has 0 saturated carbocycles. The van der Waals surface area contributed by atoms with E-state index in [1.807, 2.05) is 82.0 Å². The van der Waals surface area contributed by atoms with E-state index in [1.54, 1.807) is 12.0 Å². The highest BCUT2D eigenvalue weighted by atomic mass is 16.7. The van der Waals surface area contributed by atoms with Crippen LogP contribution in [0.25, 0.3) is 5.57 Å². The summed E-state index contributed by atoms with van der Waals surface area (Å²) in [6.07, 6.45) is 4.02. The van der Waals surface area contributed by atoms with Crippen molar-refractivity contribution in [2.24, 2.45) is 0 Å². The van der Waals surface area contributed by atoms with E-state index in [0.717, 1.165) is 35.3 Å². The first-order chi connectivity index (χ1) is 19.1. The zero-order chi connectivity index (χ0) is 28.9. The third-order valence-electron chi connectivity index (χ3n) is 7.29. The highest BCUT2D eigenvalue weighted by Gasteiger charge is 2.40. The number of likely N-dealkylation sites (tertiary alicyclic amines) is 1. The Hall–Kier alpha value is -3.52. The van der Waals surface area contributed by atoms with Crippen LogP contribution in [0.3, 0.4) is 0 Å². The molecule has 0 aliphatic carbocycles. The molecule has 4 rings (SSSR count). The highest BCUT2D eigenvalue weighted by Crippen LogP contribution is 2.47. The number of methoxy groups -OCH3 is 1. The van der Waals surface area contributed by atoms with Crippen LogP contribution in [0.2, 0.25) is 0 Å². The molecule has 0 aromatic heterocycles. The Labute approximate surface area is 237 Å². The van der Waals surface area contributed by atoms with Crippen molar-refractivity contribution in [1.29, 1.82) is 0 Å². The van der Waals surface area contributed by atoms with Crippen molar-refractivity contribution >= 4 is 17.6 Å². The molecule has 1 saturated heterocycles. The van der Waals surface area contributed by atoms with Crippen molar-refractivity contribution in [3.05, 3.63) is 65.2 Å². The Morgan fingerprint density at radius 3 is 2.40 bits per heavy atom. The average molecular weight is 551 g/mol. The molecule has 0 bridgehead atoms. The maximum atomic E-state index is 12.9. The van der Waals surface area contributed by atoms with E-state index < -0.39 is 11.2 Å². The van der Waals surface area contributed by atoms with Crippen LogP contribution >= 0.6 is 0 Å². The van der Waals surface area contributed by atoms with Crippen molar-refractivity contribution in [3.8, 4) is 11.5 Å². The fourth-order valence-electron chi connectivity index (χ4n) is 5.29. The number of carbonyl (C=O) groups excluding carboxylic acids is 2. The zero-order valence-electron chi connectivity index (χ0n) is 24.6. The quantitative estimate of drug-likeness (QED) is 0.386. The van der Waals surface area contributed by atoms with Gasteiger partial charge in [0, 0.05) is 45.3 Å². The standard InChI is InChI=1S/C32H42N2O6/c1-7-33(8-2)29(35)24-15-13-23(14-16-24)25-21-32(39-27-12-9-11-26(28(25)27)38-22-37-6)17-10-19-34(20-18-32)30(36)40-31(3,4)5/h9,11-16,21H,7-8,10,17-20,22H2,1-6H3. The van der Waals surface area contributed by atoms with Gasteiger partial charge in [0.2, 0.25) is 0 Å². The van der Waals surface area contributed by atoms with Gasteiger partial charge < -0.3 is 28.7 Å². The van der Waals surface area contributed by atoms with Gasteiger partial charge in [-0.3, -0.25) is 4.79 Å². The summed E-state index contributed by atoms with van der Waals surface area (Å²) in [6, 6.07) is 13.5. The largest absolute Gasteiger partial charge is 0.482 e. The lowest BCUT2D eigenvalue weighted by molar-refractivity contribution is 0.0242. The van der Waals surface area contributed by atoms with Crippen LogP contribution in [-0.2, 0) is 9.47 Å². The zero-order valence-corrected chi connectivity index (χ0v) is 24.6. The predicted octanol–water partition coefficient (Wildman–Crippen LogP) is 6.14. The number of fused-ring (bicyclic) bond motifs is 1. The predicted molar refractivity (Wildman–Crippen MR) is 155 cm³/mol. The summed E-state index contributed by atoms with van der Waals surface area (Å²) in [4.78, 5) is 29.4. The molecule has 2 aliphatic rings. The smallest absolute Gasteiger partial charge is 0.410 e. The molecule has 2 aromatic rings. The number of amides is 2. The van der Waals surface area contributed by atoms with Gasteiger partial charge in [-0.25, -0.2) is 4.79 Å². The Morgan fingerprint density at radius 2 is 1.75 bits per heavy atom. The number of carbonyl (C=O) groups is 2. The van der Waals surface area contributed by atoms with E-state index >= 15 is 0 Å². The Balaban J connectivity index is 1.71. The molecule has 1 fully saturated rings. The van der Waals surface area contributed by atoms with Gasteiger partial charge in [0.15, 0.2) is 6.79 Å². The Morgan fingerprint density at radius 1 is 1.02 bits per heavy atom. The SMILES string of the molecule is CCN(CC)C(=O)c1ccc(C2=CC3(CCCN(C(=O)OC(C)(C)C)CC3)Oc3cccc(OCOC)c32)cc1. The van der Waals surface area contributed by atoms with E-state index in [-0.39, 0.29) is 18.8 Å². The molecule has 8 heteroatoms. The molecule has 2 amide bonds. The summed E-state index contributed by atoms with van der Waals surface area (Å²) in [5, 5.41) is 0. The molecular formula is C32H42N2O6. The molecule has 216 valence electrons. The van der Waals surface area contributed by atoms with Crippen molar-refractivity contribution in [1.82, 2.24) is 9.80 Å². The van der Waals surface area contributed by atoms with E-state index in [1.165, 1.54) is 0 Å². The molecule has 2 heterocycles. The van der Waals surface area contributed by atoms with Crippen LogP contribution in [0.1, 0.15) is 75.4 Å². The van der Waals surface area contributed by atoms with Gasteiger partial charge in [0.05, 0.1) is 5.56 Å². The number of hydrogen-bond acceptors (Lipinski definition) is 6. The molecule has 0 N–H and O–H groups in total. The molecule has 1 unspecified atom stereocenters. The topological polar surface area (TPSA) is 77.5 Å². The van der Waals surface area contributed by atoms with Gasteiger partial charge in [-0.15, -0.1) is 0 Å². The van der Waals surface area contributed by atoms with Crippen LogP contribution in [0.15, 0.2) is 48.5 Å². The first-order valence-corrected chi connectivity index (χ1v) is 14.1. The number of hydrogen-bond donors (Lipinski definition) is 0. The van der Waals surface area contributed by atoms with Crippen LogP contribution in [0.5, 0.6) is 11.5 Å². The second-order valence-electron chi connectivity index (χ2n) is 11.3. The van der Waals surface area contributed by atoms with Crippen LogP contribution in [-0.4, -0.2) is 73.1 Å². The van der Waals surface area contributed by atoms with Crippen LogP contribution < -0.4 is 9.47 Å². The summed E-state index contributed by atoms with van der Waals surface area (Å²) >= 11 is 0. The monoisotopic (exact) mass is 550 g/mol. The van der Waals surface area contributed by atoms with E-state index in [4.69, 9.17) is 18.9 Å². The average Bonchev–Trinajstić information content (AvgIpc) is 3.13. The van der Waals surface area contributed by atoms with Crippen molar-refractivity contribution in [2.75, 3.05) is 40.1 Å². The fourth-order valence-corrected chi connectivity index (χ4v) is 5.29. The van der Waals surface area contributed by atoms with Crippen LogP contribution in [0, 0.1) is 0 Å². The van der Waals surface area contributed by atoms with Gasteiger partial charge in [-0.1, -0.05) is 18.2 Å². The summed E-state index contributed by atoms with van der Waals surface area (Å²) in [6.45, 7) is 12.2. The number of benzene rings is 2. The molecule has 1 atom stereocenters. The highest BCUT2D eigenvalue weighted by molar-refractivity contribution is 5.95. The summed E-state index contributed by atoms with van der Waals surface area (Å²) < 4.78 is 23.5. The number of rotatable bonds is 7. The lowest BCUT2D eigenvalue weighted by Gasteiger charge is -2.37. The lowest BCUT2D eigenvalue weighted by atomic mass is 9.84. The Kier molecular flexibility index (Phi) is 9.08. The minimum Gasteiger partial charge on any atom is -0.482 e. The lowest BCUT2D eigenvalue weighted by Crippen LogP contribution is -2.40. The maximum Gasteiger partial charge on any atom is 0.410 e. The van der Waals surface area contributed by atoms with Crippen LogP contribution in [0.4, 0.5) is 4.79 Å². The van der Waals surface area contributed by atoms with Gasteiger partial charge in [0.1, 0.15) is 22.7 Å². The molecule has 1 spiro atoms. The number of nitrogens with zero attached hydrogens (tertiary/aromatic N) is 2. The second-order valence-corrected chi connectivity index (χ2v) is 11.3. The molecule has 40 heavy (non-hydrogen) atoms. The van der Waals surface area contributed by atoms with E-state index in [2.05, 4.69) is 6.08 Å². The van der Waals surface area contributed by atoms with Crippen molar-refractivity contribution in [2.45, 2.75) is 65.1 Å². The minimum atomic E-state index is -0.602. The molecular weight excluding hydrogens is 508 g/mol. The van der Waals surface area contributed by atoms with E-state index in [9.17, 15) is 9.59 Å². The molecule has 0 radical (unpaired) electrons. The first kappa shape index (κ1) is 29.5. The Bertz CT molecular complexity index is 1230. The maximum absolute atomic E-state index is 12.9. The summed E-state index contributed by atoms with van der Waals surface area (Å²) in [7, 11) is 1.59. The first-order valence-electron chi connectivity index (χ1n) is 14.1. The molecule has 8 nitrogen and oxygen atoms in total. The van der Waals surface area contributed by atoms with Gasteiger partial charge in [0.25, 0.3) is 5.91 Å². The summed E-state index contributed by atoms with van der Waals surface area (Å²) in [5.74, 6) is 1.40.